The normalized spacial score (nSPS) is 28.9. The van der Waals surface area contributed by atoms with Crippen LogP contribution in [0, 0.1) is 17.2 Å². The van der Waals surface area contributed by atoms with E-state index in [1.54, 1.807) is 0 Å². The SMILES string of the molecule is N#CC1CCOC1c1ccc(C2CC2)cc1. The first-order valence-electron chi connectivity index (χ1n) is 5.99. The first-order valence-corrected chi connectivity index (χ1v) is 5.99. The highest BCUT2D eigenvalue weighted by Gasteiger charge is 2.30. The van der Waals surface area contributed by atoms with Crippen molar-refractivity contribution in [1.29, 1.82) is 5.26 Å². The summed E-state index contributed by atoms with van der Waals surface area (Å²) >= 11 is 0. The Morgan fingerprint density at radius 1 is 1.06 bits per heavy atom. The Balaban J connectivity index is 1.81. The van der Waals surface area contributed by atoms with Crippen LogP contribution in [0.3, 0.4) is 0 Å². The number of hydrogen-bond donors (Lipinski definition) is 0. The van der Waals surface area contributed by atoms with E-state index in [4.69, 9.17) is 10.00 Å². The Morgan fingerprint density at radius 2 is 1.75 bits per heavy atom. The van der Waals surface area contributed by atoms with Gasteiger partial charge in [0.15, 0.2) is 0 Å². The van der Waals surface area contributed by atoms with Gasteiger partial charge in [-0.05, 0) is 36.3 Å². The quantitative estimate of drug-likeness (QED) is 0.756. The lowest BCUT2D eigenvalue weighted by molar-refractivity contribution is 0.101. The maximum absolute atomic E-state index is 9.02. The molecule has 2 heteroatoms. The van der Waals surface area contributed by atoms with Gasteiger partial charge in [-0.15, -0.1) is 0 Å². The minimum atomic E-state index is -0.00162. The Labute approximate surface area is 95.8 Å². The van der Waals surface area contributed by atoms with E-state index in [1.807, 2.05) is 0 Å². The van der Waals surface area contributed by atoms with E-state index in [1.165, 1.54) is 18.4 Å². The molecule has 0 aromatic heterocycles. The van der Waals surface area contributed by atoms with E-state index < -0.39 is 0 Å². The Hall–Kier alpha value is -1.33. The van der Waals surface area contributed by atoms with Crippen LogP contribution in [-0.4, -0.2) is 6.61 Å². The summed E-state index contributed by atoms with van der Waals surface area (Å²) in [6.45, 7) is 0.716. The summed E-state index contributed by atoms with van der Waals surface area (Å²) in [5.74, 6) is 0.831. The Kier molecular flexibility index (Phi) is 2.41. The number of hydrogen-bond acceptors (Lipinski definition) is 2. The molecule has 1 aliphatic heterocycles. The van der Waals surface area contributed by atoms with Crippen LogP contribution in [0.2, 0.25) is 0 Å². The second-order valence-corrected chi connectivity index (χ2v) is 4.76. The number of benzene rings is 1. The highest BCUT2D eigenvalue weighted by Crippen LogP contribution is 2.41. The molecule has 0 spiro atoms. The van der Waals surface area contributed by atoms with Gasteiger partial charge >= 0.3 is 0 Å². The van der Waals surface area contributed by atoms with Crippen molar-refractivity contribution in [1.82, 2.24) is 0 Å². The minimum Gasteiger partial charge on any atom is -0.372 e. The van der Waals surface area contributed by atoms with Crippen molar-refractivity contribution >= 4 is 0 Å². The molecule has 2 unspecified atom stereocenters. The van der Waals surface area contributed by atoms with E-state index in [2.05, 4.69) is 30.3 Å². The minimum absolute atomic E-state index is 0.00162. The van der Waals surface area contributed by atoms with Crippen LogP contribution in [0.5, 0.6) is 0 Å². The molecule has 1 aromatic carbocycles. The van der Waals surface area contributed by atoms with Gasteiger partial charge in [-0.1, -0.05) is 24.3 Å². The number of nitriles is 1. The van der Waals surface area contributed by atoms with Crippen molar-refractivity contribution < 1.29 is 4.74 Å². The Bertz CT molecular complexity index is 413. The predicted molar refractivity (Wildman–Crippen MR) is 60.8 cm³/mol. The van der Waals surface area contributed by atoms with Crippen molar-refractivity contribution in [3.63, 3.8) is 0 Å². The van der Waals surface area contributed by atoms with Crippen LogP contribution < -0.4 is 0 Å². The zero-order valence-electron chi connectivity index (χ0n) is 9.23. The van der Waals surface area contributed by atoms with Crippen LogP contribution >= 0.6 is 0 Å². The second-order valence-electron chi connectivity index (χ2n) is 4.76. The molecule has 1 aromatic rings. The highest BCUT2D eigenvalue weighted by atomic mass is 16.5. The zero-order chi connectivity index (χ0) is 11.0. The molecule has 1 heterocycles. The molecule has 1 saturated carbocycles. The molecule has 16 heavy (non-hydrogen) atoms. The fraction of sp³-hybridized carbons (Fsp3) is 0.500. The largest absolute Gasteiger partial charge is 0.372 e. The average molecular weight is 213 g/mol. The average Bonchev–Trinajstić information content (AvgIpc) is 3.07. The van der Waals surface area contributed by atoms with Gasteiger partial charge < -0.3 is 4.74 Å². The van der Waals surface area contributed by atoms with E-state index in [0.29, 0.717) is 6.61 Å². The van der Waals surface area contributed by atoms with Crippen molar-refractivity contribution in [2.75, 3.05) is 6.61 Å². The smallest absolute Gasteiger partial charge is 0.0983 e. The molecular weight excluding hydrogens is 198 g/mol. The second kappa shape index (κ2) is 3.92. The van der Waals surface area contributed by atoms with Gasteiger partial charge in [0.2, 0.25) is 0 Å². The summed E-state index contributed by atoms with van der Waals surface area (Å²) in [5.41, 5.74) is 2.60. The fourth-order valence-electron chi connectivity index (χ4n) is 2.42. The van der Waals surface area contributed by atoms with Crippen LogP contribution in [0.15, 0.2) is 24.3 Å². The summed E-state index contributed by atoms with van der Waals surface area (Å²) < 4.78 is 5.64. The molecule has 2 aliphatic rings. The predicted octanol–water partition coefficient (Wildman–Crippen LogP) is 3.17. The van der Waals surface area contributed by atoms with E-state index in [-0.39, 0.29) is 12.0 Å². The standard InChI is InChI=1S/C14H15NO/c15-9-13-7-8-16-14(13)12-5-3-11(4-6-12)10-1-2-10/h3-6,10,13-14H,1-2,7-8H2. The van der Waals surface area contributed by atoms with Crippen molar-refractivity contribution in [3.8, 4) is 6.07 Å². The molecule has 0 bridgehead atoms. The van der Waals surface area contributed by atoms with Gasteiger partial charge in [0.1, 0.15) is 0 Å². The lowest BCUT2D eigenvalue weighted by atomic mass is 9.95. The van der Waals surface area contributed by atoms with Gasteiger partial charge in [-0.3, -0.25) is 0 Å². The molecule has 82 valence electrons. The summed E-state index contributed by atoms with van der Waals surface area (Å²) in [5, 5.41) is 9.02. The summed E-state index contributed by atoms with van der Waals surface area (Å²) in [6, 6.07) is 11.0. The molecule has 2 nitrogen and oxygen atoms in total. The third kappa shape index (κ3) is 1.72. The maximum atomic E-state index is 9.02. The molecule has 2 fully saturated rings. The van der Waals surface area contributed by atoms with E-state index in [9.17, 15) is 0 Å². The highest BCUT2D eigenvalue weighted by molar-refractivity contribution is 5.30. The van der Waals surface area contributed by atoms with E-state index in [0.717, 1.165) is 17.9 Å². The van der Waals surface area contributed by atoms with Crippen LogP contribution in [-0.2, 0) is 4.74 Å². The van der Waals surface area contributed by atoms with Crippen LogP contribution in [0.1, 0.15) is 42.4 Å². The monoisotopic (exact) mass is 213 g/mol. The molecule has 2 atom stereocenters. The molecule has 0 amide bonds. The van der Waals surface area contributed by atoms with E-state index >= 15 is 0 Å². The Morgan fingerprint density at radius 3 is 2.38 bits per heavy atom. The van der Waals surface area contributed by atoms with Crippen molar-refractivity contribution in [3.05, 3.63) is 35.4 Å². The topological polar surface area (TPSA) is 33.0 Å². The number of nitrogens with zero attached hydrogens (tertiary/aromatic N) is 1. The van der Waals surface area contributed by atoms with Crippen molar-refractivity contribution in [2.24, 2.45) is 5.92 Å². The lowest BCUT2D eigenvalue weighted by Crippen LogP contribution is -2.05. The molecule has 3 rings (SSSR count). The first kappa shape index (κ1) is 9.86. The summed E-state index contributed by atoms with van der Waals surface area (Å²) in [4.78, 5) is 0. The molecule has 1 saturated heterocycles. The van der Waals surface area contributed by atoms with Gasteiger partial charge in [-0.25, -0.2) is 0 Å². The van der Waals surface area contributed by atoms with Crippen molar-refractivity contribution in [2.45, 2.75) is 31.3 Å². The summed E-state index contributed by atoms with van der Waals surface area (Å²) in [7, 11) is 0. The molecule has 0 N–H and O–H groups in total. The number of rotatable bonds is 2. The lowest BCUT2D eigenvalue weighted by Gasteiger charge is -2.13. The van der Waals surface area contributed by atoms with Gasteiger partial charge in [0, 0.05) is 6.61 Å². The number of ether oxygens (including phenoxy) is 1. The first-order chi connectivity index (χ1) is 7.88. The summed E-state index contributed by atoms with van der Waals surface area (Å²) in [6.07, 6.45) is 3.53. The molecule has 0 radical (unpaired) electrons. The molecular formula is C14H15NO. The van der Waals surface area contributed by atoms with Gasteiger partial charge in [0.25, 0.3) is 0 Å². The van der Waals surface area contributed by atoms with Crippen LogP contribution in [0.25, 0.3) is 0 Å². The van der Waals surface area contributed by atoms with Gasteiger partial charge in [0.05, 0.1) is 18.1 Å². The third-order valence-corrected chi connectivity index (χ3v) is 3.57. The zero-order valence-corrected chi connectivity index (χ0v) is 9.23. The molecule has 1 aliphatic carbocycles. The van der Waals surface area contributed by atoms with Crippen LogP contribution in [0.4, 0.5) is 0 Å². The third-order valence-electron chi connectivity index (χ3n) is 3.57. The maximum Gasteiger partial charge on any atom is 0.0983 e. The fourth-order valence-corrected chi connectivity index (χ4v) is 2.42. The van der Waals surface area contributed by atoms with Gasteiger partial charge in [-0.2, -0.15) is 5.26 Å².